The van der Waals surface area contributed by atoms with Crippen molar-refractivity contribution in [2.24, 2.45) is 0 Å². The van der Waals surface area contributed by atoms with E-state index in [9.17, 15) is 9.59 Å². The third-order valence-corrected chi connectivity index (χ3v) is 10.5. The summed E-state index contributed by atoms with van der Waals surface area (Å²) in [5.74, 6) is -0.320. The molecule has 0 N–H and O–H groups in total. The molecule has 1 aliphatic heterocycles. The fraction of sp³-hybridized carbons (Fsp3) is 0.636. The quantitative estimate of drug-likeness (QED) is 0.490. The van der Waals surface area contributed by atoms with Crippen LogP contribution < -0.4 is 0 Å². The third kappa shape index (κ3) is 6.57. The molecule has 2 atom stereocenters. The third-order valence-electron chi connectivity index (χ3n) is 6.00. The van der Waals surface area contributed by atoms with Crippen molar-refractivity contribution < 1.29 is 23.5 Å². The number of carbonyl (C=O) groups excluding carboxylic acids is 2. The van der Waals surface area contributed by atoms with E-state index in [1.807, 2.05) is 30.3 Å². The normalized spacial score (nSPS) is 20.3. The molecule has 0 bridgehead atoms. The Balaban J connectivity index is 2.08. The second kappa shape index (κ2) is 9.76. The summed E-state index contributed by atoms with van der Waals surface area (Å²) in [7, 11) is -0.591. The average molecular weight is 422 g/mol. The lowest BCUT2D eigenvalue weighted by Crippen LogP contribution is -2.54. The molecule has 6 nitrogen and oxygen atoms in total. The van der Waals surface area contributed by atoms with Gasteiger partial charge in [-0.2, -0.15) is 0 Å². The minimum Gasteiger partial charge on any atom is -0.469 e. The molecule has 1 fully saturated rings. The predicted molar refractivity (Wildman–Crippen MR) is 115 cm³/mol. The number of likely N-dealkylation sites (tertiary alicyclic amines) is 1. The van der Waals surface area contributed by atoms with Crippen LogP contribution >= 0.6 is 0 Å². The number of hydrogen-bond donors (Lipinski definition) is 0. The van der Waals surface area contributed by atoms with E-state index in [0.29, 0.717) is 13.0 Å². The van der Waals surface area contributed by atoms with Crippen LogP contribution in [0.1, 0.15) is 45.6 Å². The number of carbonyl (C=O) groups is 2. The van der Waals surface area contributed by atoms with Crippen molar-refractivity contribution in [1.29, 1.82) is 0 Å². The first-order valence-electron chi connectivity index (χ1n) is 10.3. The number of nitrogens with zero attached hydrogens (tertiary/aromatic N) is 1. The highest BCUT2D eigenvalue weighted by Gasteiger charge is 2.42. The minimum absolute atomic E-state index is 0.0472. The molecule has 0 radical (unpaired) electrons. The molecular formula is C22H35NO5Si. The number of rotatable bonds is 6. The number of ether oxygens (including phenoxy) is 2. The average Bonchev–Trinajstić information content (AvgIpc) is 2.66. The van der Waals surface area contributed by atoms with Crippen molar-refractivity contribution in [1.82, 2.24) is 4.90 Å². The molecule has 1 heterocycles. The molecule has 162 valence electrons. The molecule has 2 rings (SSSR count). The number of benzene rings is 1. The second-order valence-corrected chi connectivity index (χ2v) is 14.0. The Labute approximate surface area is 175 Å². The van der Waals surface area contributed by atoms with Crippen LogP contribution in [0.5, 0.6) is 0 Å². The zero-order valence-electron chi connectivity index (χ0n) is 18.6. The van der Waals surface area contributed by atoms with E-state index in [1.165, 1.54) is 7.11 Å². The maximum absolute atomic E-state index is 12.9. The van der Waals surface area contributed by atoms with Gasteiger partial charge >= 0.3 is 12.1 Å². The summed E-state index contributed by atoms with van der Waals surface area (Å²) in [6, 6.07) is 9.34. The Morgan fingerprint density at radius 2 is 1.79 bits per heavy atom. The Bertz CT molecular complexity index is 686. The van der Waals surface area contributed by atoms with Gasteiger partial charge in [-0.3, -0.25) is 4.79 Å². The predicted octanol–water partition coefficient (Wildman–Crippen LogP) is 4.74. The molecule has 0 aromatic heterocycles. The smallest absolute Gasteiger partial charge is 0.410 e. The Kier molecular flexibility index (Phi) is 7.88. The summed E-state index contributed by atoms with van der Waals surface area (Å²) in [4.78, 5) is 26.4. The van der Waals surface area contributed by atoms with Crippen molar-refractivity contribution in [3.8, 4) is 0 Å². The highest BCUT2D eigenvalue weighted by atomic mass is 28.4. The highest BCUT2D eigenvalue weighted by Crippen LogP contribution is 2.38. The van der Waals surface area contributed by atoms with Gasteiger partial charge in [0.25, 0.3) is 0 Å². The molecule has 1 amide bonds. The van der Waals surface area contributed by atoms with Gasteiger partial charge in [0.1, 0.15) is 6.61 Å². The van der Waals surface area contributed by atoms with E-state index in [0.717, 1.165) is 12.0 Å². The lowest BCUT2D eigenvalue weighted by atomic mass is 9.98. The Morgan fingerprint density at radius 1 is 1.14 bits per heavy atom. The zero-order chi connectivity index (χ0) is 21.7. The van der Waals surface area contributed by atoms with Crippen LogP contribution in [0.3, 0.4) is 0 Å². The van der Waals surface area contributed by atoms with Crippen LogP contribution in [0.4, 0.5) is 4.79 Å². The van der Waals surface area contributed by atoms with Crippen LogP contribution in [0.2, 0.25) is 18.1 Å². The number of amides is 1. The number of esters is 1. The summed E-state index contributed by atoms with van der Waals surface area (Å²) in [5, 5.41) is 0.0918. The second-order valence-electron chi connectivity index (χ2n) is 9.20. The van der Waals surface area contributed by atoms with Gasteiger partial charge in [-0.05, 0) is 36.5 Å². The van der Waals surface area contributed by atoms with Crippen molar-refractivity contribution in [3.63, 3.8) is 0 Å². The number of piperidine rings is 1. The first-order chi connectivity index (χ1) is 13.5. The van der Waals surface area contributed by atoms with E-state index in [4.69, 9.17) is 13.9 Å². The van der Waals surface area contributed by atoms with E-state index in [2.05, 4.69) is 33.9 Å². The molecule has 0 aliphatic carbocycles. The van der Waals surface area contributed by atoms with E-state index in [1.54, 1.807) is 4.90 Å². The van der Waals surface area contributed by atoms with Gasteiger partial charge in [0, 0.05) is 12.6 Å². The first kappa shape index (κ1) is 23.4. The molecule has 29 heavy (non-hydrogen) atoms. The maximum atomic E-state index is 12.9. The molecule has 0 unspecified atom stereocenters. The maximum Gasteiger partial charge on any atom is 0.410 e. The number of hydrogen-bond acceptors (Lipinski definition) is 5. The molecule has 1 aromatic rings. The highest BCUT2D eigenvalue weighted by molar-refractivity contribution is 6.74. The van der Waals surface area contributed by atoms with Crippen LogP contribution in [-0.2, 0) is 25.3 Å². The van der Waals surface area contributed by atoms with Crippen LogP contribution in [0.15, 0.2) is 30.3 Å². The molecule has 1 aliphatic rings. The van der Waals surface area contributed by atoms with Gasteiger partial charge in [0.15, 0.2) is 8.32 Å². The molecule has 0 spiro atoms. The minimum atomic E-state index is -1.96. The topological polar surface area (TPSA) is 65.1 Å². The van der Waals surface area contributed by atoms with Crippen molar-refractivity contribution in [2.45, 2.75) is 76.9 Å². The summed E-state index contributed by atoms with van der Waals surface area (Å²) >= 11 is 0. The van der Waals surface area contributed by atoms with Gasteiger partial charge in [0.05, 0.1) is 19.6 Å². The first-order valence-corrected chi connectivity index (χ1v) is 13.2. The summed E-state index contributed by atoms with van der Waals surface area (Å²) < 4.78 is 16.9. The van der Waals surface area contributed by atoms with Crippen molar-refractivity contribution in [2.75, 3.05) is 13.7 Å². The molecular weight excluding hydrogens is 386 g/mol. The Morgan fingerprint density at radius 3 is 2.38 bits per heavy atom. The lowest BCUT2D eigenvalue weighted by molar-refractivity contribution is -0.142. The number of methoxy groups -OCH3 is 1. The van der Waals surface area contributed by atoms with Crippen molar-refractivity contribution >= 4 is 20.4 Å². The summed E-state index contributed by atoms with van der Waals surface area (Å²) in [6.07, 6.45) is 1.22. The van der Waals surface area contributed by atoms with Crippen LogP contribution in [0.25, 0.3) is 0 Å². The van der Waals surface area contributed by atoms with Crippen LogP contribution in [0, 0.1) is 0 Å². The van der Waals surface area contributed by atoms with Gasteiger partial charge in [-0.15, -0.1) is 0 Å². The van der Waals surface area contributed by atoms with E-state index >= 15 is 0 Å². The lowest BCUT2D eigenvalue weighted by Gasteiger charge is -2.44. The fourth-order valence-electron chi connectivity index (χ4n) is 3.20. The fourth-order valence-corrected chi connectivity index (χ4v) is 4.58. The standard InChI is InChI=1S/C22H35NO5Si/c1-22(2,3)29(5,6)28-19-13-12-18(14-20(24)26-4)23(15-19)21(25)27-16-17-10-8-7-9-11-17/h7-11,18-19H,12-16H2,1-6H3/t18-,19+/m1/s1. The molecule has 7 heteroatoms. The Hall–Kier alpha value is -1.86. The molecule has 0 saturated carbocycles. The molecule has 1 saturated heterocycles. The molecule has 1 aromatic carbocycles. The zero-order valence-corrected chi connectivity index (χ0v) is 19.6. The van der Waals surface area contributed by atoms with Gasteiger partial charge in [0.2, 0.25) is 0 Å². The van der Waals surface area contributed by atoms with Gasteiger partial charge in [-0.25, -0.2) is 4.79 Å². The SMILES string of the molecule is COC(=O)C[C@H]1CC[C@H](O[Si](C)(C)C(C)(C)C)CN1C(=O)OCc1ccccc1. The van der Waals surface area contributed by atoms with E-state index < -0.39 is 14.4 Å². The van der Waals surface area contributed by atoms with Crippen molar-refractivity contribution in [3.05, 3.63) is 35.9 Å². The van der Waals surface area contributed by atoms with E-state index in [-0.39, 0.29) is 36.2 Å². The van der Waals surface area contributed by atoms with Gasteiger partial charge in [-0.1, -0.05) is 51.1 Å². The van der Waals surface area contributed by atoms with Crippen LogP contribution in [-0.4, -0.2) is 51.1 Å². The largest absolute Gasteiger partial charge is 0.469 e. The summed E-state index contributed by atoms with van der Waals surface area (Å²) in [6.45, 7) is 11.7. The summed E-state index contributed by atoms with van der Waals surface area (Å²) in [5.41, 5.74) is 0.927. The monoisotopic (exact) mass is 421 g/mol. The van der Waals surface area contributed by atoms with Gasteiger partial charge < -0.3 is 18.8 Å².